The quantitative estimate of drug-likeness (QED) is 0.781. The smallest absolute Gasteiger partial charge is 0.0749 e. The van der Waals surface area contributed by atoms with E-state index in [2.05, 4.69) is 39.9 Å². The molecule has 0 aromatic heterocycles. The van der Waals surface area contributed by atoms with Crippen LogP contribution in [0.5, 0.6) is 0 Å². The van der Waals surface area contributed by atoms with Crippen LogP contribution in [0.4, 0.5) is 0 Å². The van der Waals surface area contributed by atoms with E-state index in [-0.39, 0.29) is 0 Å². The third-order valence-corrected chi connectivity index (χ3v) is 4.87. The number of hydrogen-bond donors (Lipinski definition) is 1. The van der Waals surface area contributed by atoms with Gasteiger partial charge >= 0.3 is 0 Å². The van der Waals surface area contributed by atoms with E-state index in [1.807, 2.05) is 7.11 Å². The Labute approximate surface area is 114 Å². The molecule has 0 amide bonds. The van der Waals surface area contributed by atoms with Crippen LogP contribution in [0.15, 0.2) is 0 Å². The van der Waals surface area contributed by atoms with Gasteiger partial charge in [-0.05, 0) is 43.1 Å². The van der Waals surface area contributed by atoms with Crippen molar-refractivity contribution >= 4 is 0 Å². The molecule has 5 unspecified atom stereocenters. The molecule has 108 valence electrons. The predicted octanol–water partition coefficient (Wildman–Crippen LogP) is 3.71. The highest BCUT2D eigenvalue weighted by molar-refractivity contribution is 4.89. The van der Waals surface area contributed by atoms with Gasteiger partial charge in [-0.2, -0.15) is 0 Å². The van der Waals surface area contributed by atoms with Gasteiger partial charge < -0.3 is 10.1 Å². The number of likely N-dealkylation sites (N-methyl/N-ethyl adjacent to an activating group) is 1. The third kappa shape index (κ3) is 3.96. The van der Waals surface area contributed by atoms with Crippen LogP contribution in [0, 0.1) is 23.7 Å². The van der Waals surface area contributed by atoms with Crippen molar-refractivity contribution in [3.8, 4) is 0 Å². The maximum absolute atomic E-state index is 5.78. The van der Waals surface area contributed by atoms with Gasteiger partial charge in [0.2, 0.25) is 0 Å². The zero-order valence-corrected chi connectivity index (χ0v) is 13.2. The van der Waals surface area contributed by atoms with E-state index in [0.29, 0.717) is 18.1 Å². The van der Waals surface area contributed by atoms with Gasteiger partial charge in [-0.3, -0.25) is 0 Å². The summed E-state index contributed by atoms with van der Waals surface area (Å²) in [7, 11) is 1.86. The normalized spacial score (nSPS) is 32.5. The molecule has 1 saturated carbocycles. The molecule has 1 rings (SSSR count). The van der Waals surface area contributed by atoms with Crippen LogP contribution in [0.3, 0.4) is 0 Å². The number of nitrogens with one attached hydrogen (secondary N) is 1. The second kappa shape index (κ2) is 7.49. The van der Waals surface area contributed by atoms with Crippen molar-refractivity contribution in [3.05, 3.63) is 0 Å². The number of hydrogen-bond acceptors (Lipinski definition) is 2. The highest BCUT2D eigenvalue weighted by Crippen LogP contribution is 2.36. The standard InChI is InChI=1S/C16H33NO/c1-7-17-15(16(18-6)11(2)3)14-9-8-12(4)13(5)10-14/h11-17H,7-10H2,1-6H3. The predicted molar refractivity (Wildman–Crippen MR) is 78.8 cm³/mol. The Hall–Kier alpha value is -0.0800. The Kier molecular flexibility index (Phi) is 6.65. The molecular formula is C16H33NO. The highest BCUT2D eigenvalue weighted by Gasteiger charge is 2.35. The van der Waals surface area contributed by atoms with Crippen molar-refractivity contribution in [2.45, 2.75) is 66.0 Å². The first-order valence-electron chi connectivity index (χ1n) is 7.77. The van der Waals surface area contributed by atoms with Gasteiger partial charge in [0, 0.05) is 13.2 Å². The second-order valence-corrected chi connectivity index (χ2v) is 6.56. The Morgan fingerprint density at radius 1 is 1.17 bits per heavy atom. The zero-order valence-electron chi connectivity index (χ0n) is 13.2. The maximum Gasteiger partial charge on any atom is 0.0749 e. The topological polar surface area (TPSA) is 21.3 Å². The Morgan fingerprint density at radius 2 is 1.83 bits per heavy atom. The summed E-state index contributed by atoms with van der Waals surface area (Å²) in [6.07, 6.45) is 4.43. The summed E-state index contributed by atoms with van der Waals surface area (Å²) >= 11 is 0. The van der Waals surface area contributed by atoms with E-state index in [4.69, 9.17) is 4.74 Å². The van der Waals surface area contributed by atoms with Crippen LogP contribution in [0.2, 0.25) is 0 Å². The minimum atomic E-state index is 0.343. The van der Waals surface area contributed by atoms with Crippen LogP contribution in [0.1, 0.15) is 53.9 Å². The van der Waals surface area contributed by atoms with Gasteiger partial charge in [-0.25, -0.2) is 0 Å². The molecule has 0 aromatic rings. The first-order chi connectivity index (χ1) is 8.51. The van der Waals surface area contributed by atoms with Gasteiger partial charge in [0.15, 0.2) is 0 Å². The van der Waals surface area contributed by atoms with Crippen LogP contribution in [-0.4, -0.2) is 25.8 Å². The number of methoxy groups -OCH3 is 1. The summed E-state index contributed by atoms with van der Waals surface area (Å²) in [4.78, 5) is 0. The fourth-order valence-electron chi connectivity index (χ4n) is 3.54. The Balaban J connectivity index is 2.71. The lowest BCUT2D eigenvalue weighted by Gasteiger charge is -2.41. The van der Waals surface area contributed by atoms with E-state index in [9.17, 15) is 0 Å². The summed E-state index contributed by atoms with van der Waals surface area (Å²) in [5.74, 6) is 3.11. The fourth-order valence-corrected chi connectivity index (χ4v) is 3.54. The molecule has 0 spiro atoms. The molecule has 1 fully saturated rings. The average Bonchev–Trinajstić information content (AvgIpc) is 2.32. The lowest BCUT2D eigenvalue weighted by molar-refractivity contribution is 0.00131. The molecule has 0 aromatic carbocycles. The Bertz CT molecular complexity index is 229. The first kappa shape index (κ1) is 16.0. The molecule has 0 saturated heterocycles. The van der Waals surface area contributed by atoms with Gasteiger partial charge in [-0.1, -0.05) is 41.0 Å². The van der Waals surface area contributed by atoms with Gasteiger partial charge in [0.1, 0.15) is 0 Å². The first-order valence-corrected chi connectivity index (χ1v) is 7.77. The summed E-state index contributed by atoms with van der Waals surface area (Å²) in [5.41, 5.74) is 0. The molecule has 18 heavy (non-hydrogen) atoms. The van der Waals surface area contributed by atoms with Gasteiger partial charge in [0.05, 0.1) is 6.10 Å². The van der Waals surface area contributed by atoms with Gasteiger partial charge in [-0.15, -0.1) is 0 Å². The summed E-state index contributed by atoms with van der Waals surface area (Å²) in [6, 6.07) is 0.523. The molecule has 2 nitrogen and oxygen atoms in total. The molecule has 2 heteroatoms. The SMILES string of the molecule is CCNC(C1CCC(C)C(C)C1)C(OC)C(C)C. The minimum Gasteiger partial charge on any atom is -0.380 e. The third-order valence-electron chi connectivity index (χ3n) is 4.87. The molecule has 0 radical (unpaired) electrons. The molecular weight excluding hydrogens is 222 g/mol. The van der Waals surface area contributed by atoms with E-state index in [0.717, 1.165) is 24.3 Å². The summed E-state index contributed by atoms with van der Waals surface area (Å²) < 4.78 is 5.78. The molecule has 1 N–H and O–H groups in total. The molecule has 0 aliphatic heterocycles. The van der Waals surface area contributed by atoms with Crippen LogP contribution in [-0.2, 0) is 4.74 Å². The highest BCUT2D eigenvalue weighted by atomic mass is 16.5. The van der Waals surface area contributed by atoms with Gasteiger partial charge in [0.25, 0.3) is 0 Å². The van der Waals surface area contributed by atoms with E-state index < -0.39 is 0 Å². The second-order valence-electron chi connectivity index (χ2n) is 6.56. The zero-order chi connectivity index (χ0) is 13.7. The van der Waals surface area contributed by atoms with Crippen molar-refractivity contribution < 1.29 is 4.74 Å². The molecule has 1 aliphatic rings. The van der Waals surface area contributed by atoms with Crippen molar-refractivity contribution in [3.63, 3.8) is 0 Å². The lowest BCUT2D eigenvalue weighted by atomic mass is 9.71. The fraction of sp³-hybridized carbons (Fsp3) is 1.00. The van der Waals surface area contributed by atoms with Crippen molar-refractivity contribution in [2.75, 3.05) is 13.7 Å². The molecule has 1 aliphatic carbocycles. The molecule has 0 heterocycles. The Morgan fingerprint density at radius 3 is 2.28 bits per heavy atom. The summed E-state index contributed by atoms with van der Waals surface area (Å²) in [5, 5.41) is 3.70. The average molecular weight is 255 g/mol. The monoisotopic (exact) mass is 255 g/mol. The number of ether oxygens (including phenoxy) is 1. The van der Waals surface area contributed by atoms with Crippen molar-refractivity contribution in [1.29, 1.82) is 0 Å². The molecule has 0 bridgehead atoms. The van der Waals surface area contributed by atoms with Crippen LogP contribution >= 0.6 is 0 Å². The van der Waals surface area contributed by atoms with E-state index in [1.54, 1.807) is 0 Å². The maximum atomic E-state index is 5.78. The van der Waals surface area contributed by atoms with E-state index in [1.165, 1.54) is 19.3 Å². The van der Waals surface area contributed by atoms with Crippen LogP contribution in [0.25, 0.3) is 0 Å². The van der Waals surface area contributed by atoms with Crippen molar-refractivity contribution in [2.24, 2.45) is 23.7 Å². The molecule has 5 atom stereocenters. The van der Waals surface area contributed by atoms with E-state index >= 15 is 0 Å². The minimum absolute atomic E-state index is 0.343. The van der Waals surface area contributed by atoms with Crippen molar-refractivity contribution in [1.82, 2.24) is 5.32 Å². The number of rotatable bonds is 6. The summed E-state index contributed by atoms with van der Waals surface area (Å²) in [6.45, 7) is 12.6. The largest absolute Gasteiger partial charge is 0.380 e. The van der Waals surface area contributed by atoms with Crippen LogP contribution < -0.4 is 5.32 Å². The lowest BCUT2D eigenvalue weighted by Crippen LogP contribution is -2.50.